The molecule has 0 bridgehead atoms. The van der Waals surface area contributed by atoms with Gasteiger partial charge in [-0.2, -0.15) is 19.6 Å². The van der Waals surface area contributed by atoms with E-state index in [0.717, 1.165) is 10.2 Å². The van der Waals surface area contributed by atoms with E-state index >= 15 is 0 Å². The van der Waals surface area contributed by atoms with Crippen molar-refractivity contribution in [3.8, 4) is 0 Å². The highest BCUT2D eigenvalue weighted by Gasteiger charge is 2.11. The molecule has 3 aromatic rings. The van der Waals surface area contributed by atoms with Crippen molar-refractivity contribution in [3.63, 3.8) is 0 Å². The maximum atomic E-state index is 11.1. The molecule has 0 unspecified atom stereocenters. The maximum absolute atomic E-state index is 11.1. The van der Waals surface area contributed by atoms with Crippen LogP contribution in [0.5, 0.6) is 0 Å². The van der Waals surface area contributed by atoms with E-state index in [1.807, 2.05) is 24.3 Å². The number of halogens is 1. The van der Waals surface area contributed by atoms with Crippen LogP contribution in [0, 0.1) is 14.9 Å². The smallest absolute Gasteiger partial charge is 0.278 e. The SMILES string of the molecule is O=[N+]([O-])c1ccccc1/C=N/n1cnn(C(=S)Nc2ccc(Br)cc2)c1=S. The largest absolute Gasteiger partial charge is 0.331 e. The van der Waals surface area contributed by atoms with Gasteiger partial charge in [-0.05, 0) is 54.8 Å². The summed E-state index contributed by atoms with van der Waals surface area (Å²) in [5.41, 5.74) is 1.09. The van der Waals surface area contributed by atoms with E-state index in [-0.39, 0.29) is 15.6 Å². The Hall–Kier alpha value is -2.76. The molecule has 0 aliphatic heterocycles. The van der Waals surface area contributed by atoms with Crippen LogP contribution in [-0.4, -0.2) is 30.7 Å². The van der Waals surface area contributed by atoms with Gasteiger partial charge in [0, 0.05) is 16.2 Å². The number of para-hydroxylation sites is 1. The number of thiocarbonyl (C=S) groups is 1. The molecule has 3 rings (SSSR count). The minimum absolute atomic E-state index is 0.0485. The highest BCUT2D eigenvalue weighted by Crippen LogP contribution is 2.16. The fraction of sp³-hybridized carbons (Fsp3) is 0. The van der Waals surface area contributed by atoms with Gasteiger partial charge in [-0.3, -0.25) is 10.1 Å². The number of nitro groups is 1. The Balaban J connectivity index is 1.81. The summed E-state index contributed by atoms with van der Waals surface area (Å²) in [6.07, 6.45) is 2.73. The first-order valence-corrected chi connectivity index (χ1v) is 9.08. The molecule has 1 aromatic heterocycles. The molecular weight excluding hydrogens is 452 g/mol. The van der Waals surface area contributed by atoms with E-state index in [9.17, 15) is 10.1 Å². The van der Waals surface area contributed by atoms with Crippen molar-refractivity contribution in [1.29, 1.82) is 0 Å². The molecule has 0 spiro atoms. The average molecular weight is 463 g/mol. The summed E-state index contributed by atoms with van der Waals surface area (Å²) in [6.45, 7) is 0. The molecule has 0 aliphatic carbocycles. The van der Waals surface area contributed by atoms with Crippen molar-refractivity contribution in [3.05, 3.63) is 79.8 Å². The summed E-state index contributed by atoms with van der Waals surface area (Å²) in [5, 5.41) is 22.6. The molecule has 27 heavy (non-hydrogen) atoms. The topological polar surface area (TPSA) is 90.3 Å². The van der Waals surface area contributed by atoms with Crippen LogP contribution in [0.25, 0.3) is 0 Å². The first-order valence-electron chi connectivity index (χ1n) is 7.47. The van der Waals surface area contributed by atoms with Crippen molar-refractivity contribution in [2.45, 2.75) is 0 Å². The number of nitro benzene ring substituents is 1. The lowest BCUT2D eigenvalue weighted by molar-refractivity contribution is -0.385. The molecule has 0 amide bonds. The van der Waals surface area contributed by atoms with Crippen LogP contribution >= 0.6 is 40.4 Å². The van der Waals surface area contributed by atoms with Crippen LogP contribution in [0.3, 0.4) is 0 Å². The zero-order valence-corrected chi connectivity index (χ0v) is 16.7. The van der Waals surface area contributed by atoms with Gasteiger partial charge >= 0.3 is 0 Å². The molecule has 11 heteroatoms. The number of nitrogens with one attached hydrogen (secondary N) is 1. The minimum Gasteiger partial charge on any atom is -0.331 e. The maximum Gasteiger partial charge on any atom is 0.278 e. The van der Waals surface area contributed by atoms with Crippen LogP contribution in [0.15, 0.2) is 64.4 Å². The summed E-state index contributed by atoms with van der Waals surface area (Å²) in [6, 6.07) is 13.7. The fourth-order valence-corrected chi connectivity index (χ4v) is 2.92. The zero-order chi connectivity index (χ0) is 19.4. The fourth-order valence-electron chi connectivity index (χ4n) is 2.11. The Bertz CT molecular complexity index is 1090. The Morgan fingerprint density at radius 3 is 2.67 bits per heavy atom. The van der Waals surface area contributed by atoms with Crippen LogP contribution < -0.4 is 5.32 Å². The normalized spacial score (nSPS) is 10.9. The number of nitrogens with zero attached hydrogens (tertiary/aromatic N) is 5. The number of rotatable bonds is 4. The zero-order valence-electron chi connectivity index (χ0n) is 13.5. The molecule has 0 saturated carbocycles. The summed E-state index contributed by atoms with van der Waals surface area (Å²) in [5.74, 6) is 0. The quantitative estimate of drug-likeness (QED) is 0.270. The number of hydrogen-bond donors (Lipinski definition) is 1. The van der Waals surface area contributed by atoms with Crippen LogP contribution in [0.2, 0.25) is 0 Å². The molecule has 1 N–H and O–H groups in total. The third-order valence-electron chi connectivity index (χ3n) is 3.40. The molecule has 2 aromatic carbocycles. The third-order valence-corrected chi connectivity index (χ3v) is 4.56. The predicted octanol–water partition coefficient (Wildman–Crippen LogP) is 4.21. The van der Waals surface area contributed by atoms with E-state index in [1.54, 1.807) is 18.2 Å². The molecular formula is C16H11BrN6O2S2. The third kappa shape index (κ3) is 4.51. The summed E-state index contributed by atoms with van der Waals surface area (Å²) in [7, 11) is 0. The molecule has 1 heterocycles. The number of aromatic nitrogens is 3. The number of anilines is 1. The van der Waals surface area contributed by atoms with Gasteiger partial charge in [0.25, 0.3) is 5.69 Å². The van der Waals surface area contributed by atoms with E-state index in [4.69, 9.17) is 24.4 Å². The van der Waals surface area contributed by atoms with Crippen LogP contribution in [0.4, 0.5) is 11.4 Å². The van der Waals surface area contributed by atoms with Crippen molar-refractivity contribution in [2.24, 2.45) is 5.10 Å². The van der Waals surface area contributed by atoms with E-state index in [1.165, 1.54) is 28.0 Å². The number of benzene rings is 2. The van der Waals surface area contributed by atoms with Gasteiger partial charge in [0.05, 0.1) is 16.7 Å². The lowest BCUT2D eigenvalue weighted by atomic mass is 10.2. The second-order valence-electron chi connectivity index (χ2n) is 5.17. The minimum atomic E-state index is -0.471. The molecule has 0 fully saturated rings. The van der Waals surface area contributed by atoms with Crippen LogP contribution in [0.1, 0.15) is 5.56 Å². The van der Waals surface area contributed by atoms with Crippen molar-refractivity contribution in [1.82, 2.24) is 14.5 Å². The molecule has 0 aliphatic rings. The lowest BCUT2D eigenvalue weighted by Crippen LogP contribution is -2.20. The first-order chi connectivity index (χ1) is 13.0. The molecule has 136 valence electrons. The summed E-state index contributed by atoms with van der Waals surface area (Å²) >= 11 is 14.0. The Morgan fingerprint density at radius 2 is 1.96 bits per heavy atom. The van der Waals surface area contributed by atoms with Gasteiger partial charge in [0.1, 0.15) is 6.33 Å². The molecule has 0 saturated heterocycles. The van der Waals surface area contributed by atoms with Gasteiger partial charge in [-0.1, -0.05) is 28.1 Å². The van der Waals surface area contributed by atoms with E-state index < -0.39 is 4.92 Å². The molecule has 8 nitrogen and oxygen atoms in total. The highest BCUT2D eigenvalue weighted by atomic mass is 79.9. The Labute approximate surface area is 172 Å². The predicted molar refractivity (Wildman–Crippen MR) is 113 cm³/mol. The van der Waals surface area contributed by atoms with E-state index in [0.29, 0.717) is 5.56 Å². The van der Waals surface area contributed by atoms with Crippen molar-refractivity contribution < 1.29 is 4.92 Å². The van der Waals surface area contributed by atoms with Gasteiger partial charge in [-0.15, -0.1) is 0 Å². The first kappa shape index (κ1) is 19.0. The Morgan fingerprint density at radius 1 is 1.26 bits per heavy atom. The van der Waals surface area contributed by atoms with Gasteiger partial charge in [0.2, 0.25) is 9.88 Å². The molecule has 0 atom stereocenters. The summed E-state index contributed by atoms with van der Waals surface area (Å²) < 4.78 is 3.81. The monoisotopic (exact) mass is 462 g/mol. The van der Waals surface area contributed by atoms with Gasteiger partial charge < -0.3 is 5.32 Å². The lowest BCUT2D eigenvalue weighted by Gasteiger charge is -2.07. The Kier molecular flexibility index (Phi) is 5.84. The second-order valence-corrected chi connectivity index (χ2v) is 6.83. The summed E-state index contributed by atoms with van der Waals surface area (Å²) in [4.78, 5) is 10.6. The number of hydrogen-bond acceptors (Lipinski definition) is 6. The standard InChI is InChI=1S/C16H11BrN6O2S2/c17-12-5-7-13(8-6-12)20-15(26)22-16(27)21(10-19-22)18-9-11-3-1-2-4-14(11)23(24)25/h1-10H,(H,20,26)/b18-9+. The highest BCUT2D eigenvalue weighted by molar-refractivity contribution is 9.10. The van der Waals surface area contributed by atoms with Gasteiger partial charge in [-0.25, -0.2) is 0 Å². The van der Waals surface area contributed by atoms with Crippen LogP contribution in [-0.2, 0) is 0 Å². The van der Waals surface area contributed by atoms with Gasteiger partial charge in [0.15, 0.2) is 0 Å². The second kappa shape index (κ2) is 8.29. The van der Waals surface area contributed by atoms with E-state index in [2.05, 4.69) is 31.4 Å². The average Bonchev–Trinajstić information content (AvgIpc) is 3.02. The van der Waals surface area contributed by atoms with Crippen molar-refractivity contribution >= 4 is 63.1 Å². The van der Waals surface area contributed by atoms with Crippen molar-refractivity contribution in [2.75, 3.05) is 5.32 Å². The molecule has 0 radical (unpaired) electrons.